The molecule has 3 aromatic rings. The Morgan fingerprint density at radius 2 is 2.04 bits per heavy atom. The molecular formula is C19H22N4O. The maximum Gasteiger partial charge on any atom is 0.181 e. The van der Waals surface area contributed by atoms with Crippen molar-refractivity contribution < 1.29 is 5.11 Å². The normalized spacial score (nSPS) is 18.0. The molecular weight excluding hydrogens is 300 g/mol. The van der Waals surface area contributed by atoms with Gasteiger partial charge in [-0.15, -0.1) is 0 Å². The van der Waals surface area contributed by atoms with Gasteiger partial charge in [0.25, 0.3) is 0 Å². The molecule has 1 aliphatic heterocycles. The Morgan fingerprint density at radius 1 is 1.12 bits per heavy atom. The third kappa shape index (κ3) is 3.09. The number of benzene rings is 2. The molecule has 124 valence electrons. The van der Waals surface area contributed by atoms with Crippen molar-refractivity contribution in [1.82, 2.24) is 10.3 Å². The van der Waals surface area contributed by atoms with Crippen molar-refractivity contribution in [2.45, 2.75) is 25.2 Å². The number of anilines is 2. The number of aromatic amines is 1. The van der Waals surface area contributed by atoms with E-state index in [1.54, 1.807) is 0 Å². The van der Waals surface area contributed by atoms with Gasteiger partial charge in [0, 0.05) is 41.1 Å². The zero-order valence-corrected chi connectivity index (χ0v) is 13.4. The lowest BCUT2D eigenvalue weighted by atomic mass is 9.98. The molecule has 0 amide bonds. The number of aryl methyl sites for hydroxylation is 1. The predicted octanol–water partition coefficient (Wildman–Crippen LogP) is 2.87. The van der Waals surface area contributed by atoms with Gasteiger partial charge in [-0.05, 0) is 42.7 Å². The Bertz CT molecular complexity index is 829. The molecule has 0 saturated carbocycles. The first kappa shape index (κ1) is 15.1. The highest BCUT2D eigenvalue weighted by atomic mass is 16.3. The number of para-hydroxylation sites is 1. The third-order valence-corrected chi connectivity index (χ3v) is 4.58. The van der Waals surface area contributed by atoms with Gasteiger partial charge in [0.1, 0.15) is 0 Å². The highest BCUT2D eigenvalue weighted by molar-refractivity contribution is 5.91. The van der Waals surface area contributed by atoms with Gasteiger partial charge >= 0.3 is 0 Å². The Kier molecular flexibility index (Phi) is 4.11. The standard InChI is InChI=1S/C19H22N4O/c24-19(23-18-7-3-6-17-15(18)10-11-20-17)21-12-14-9-8-13-4-1-2-5-16(13)22-14/h1-7,10-11,14,19-24H,8-9,12H2. The van der Waals surface area contributed by atoms with E-state index in [0.717, 1.165) is 29.4 Å². The number of fused-ring (bicyclic) bond motifs is 2. The molecule has 2 unspecified atom stereocenters. The van der Waals surface area contributed by atoms with Crippen LogP contribution in [0.1, 0.15) is 12.0 Å². The number of rotatable bonds is 5. The average molecular weight is 322 g/mol. The Balaban J connectivity index is 1.34. The predicted molar refractivity (Wildman–Crippen MR) is 98.1 cm³/mol. The highest BCUT2D eigenvalue weighted by Crippen LogP contribution is 2.24. The summed E-state index contributed by atoms with van der Waals surface area (Å²) >= 11 is 0. The second-order valence-corrected chi connectivity index (χ2v) is 6.24. The molecule has 1 aromatic heterocycles. The number of aliphatic hydroxyl groups excluding tert-OH is 1. The lowest BCUT2D eigenvalue weighted by Gasteiger charge is -2.28. The number of hydrogen-bond acceptors (Lipinski definition) is 4. The third-order valence-electron chi connectivity index (χ3n) is 4.58. The summed E-state index contributed by atoms with van der Waals surface area (Å²) in [5.41, 5.74) is 4.54. The first-order valence-corrected chi connectivity index (χ1v) is 8.38. The first-order valence-electron chi connectivity index (χ1n) is 8.38. The topological polar surface area (TPSA) is 72.1 Å². The van der Waals surface area contributed by atoms with Gasteiger partial charge in [-0.1, -0.05) is 24.3 Å². The summed E-state index contributed by atoms with van der Waals surface area (Å²) in [6, 6.07) is 16.7. The van der Waals surface area contributed by atoms with Gasteiger partial charge in [0.2, 0.25) is 0 Å². The van der Waals surface area contributed by atoms with E-state index in [2.05, 4.69) is 45.2 Å². The van der Waals surface area contributed by atoms with Crippen LogP contribution >= 0.6 is 0 Å². The lowest BCUT2D eigenvalue weighted by molar-refractivity contribution is 0.163. The molecule has 0 bridgehead atoms. The average Bonchev–Trinajstić information content (AvgIpc) is 3.10. The van der Waals surface area contributed by atoms with Crippen LogP contribution in [0, 0.1) is 0 Å². The molecule has 2 atom stereocenters. The zero-order chi connectivity index (χ0) is 16.4. The maximum atomic E-state index is 10.3. The van der Waals surface area contributed by atoms with Crippen LogP contribution in [0.15, 0.2) is 54.7 Å². The molecule has 1 aliphatic rings. The number of hydrogen-bond donors (Lipinski definition) is 5. The summed E-state index contributed by atoms with van der Waals surface area (Å²) in [5, 5.41) is 21.2. The molecule has 2 heterocycles. The van der Waals surface area contributed by atoms with Crippen molar-refractivity contribution in [3.63, 3.8) is 0 Å². The Labute approximate surface area is 141 Å². The quantitative estimate of drug-likeness (QED) is 0.468. The van der Waals surface area contributed by atoms with E-state index in [1.807, 2.05) is 30.5 Å². The van der Waals surface area contributed by atoms with Crippen molar-refractivity contribution in [3.8, 4) is 0 Å². The minimum Gasteiger partial charge on any atom is -0.381 e. The molecule has 5 nitrogen and oxygen atoms in total. The lowest BCUT2D eigenvalue weighted by Crippen LogP contribution is -2.43. The van der Waals surface area contributed by atoms with Crippen molar-refractivity contribution in [3.05, 3.63) is 60.3 Å². The molecule has 0 radical (unpaired) electrons. The van der Waals surface area contributed by atoms with Crippen molar-refractivity contribution in [1.29, 1.82) is 0 Å². The minimum atomic E-state index is -0.788. The largest absolute Gasteiger partial charge is 0.381 e. The van der Waals surface area contributed by atoms with Crippen LogP contribution in [0.5, 0.6) is 0 Å². The van der Waals surface area contributed by atoms with E-state index in [-0.39, 0.29) is 0 Å². The van der Waals surface area contributed by atoms with Crippen molar-refractivity contribution in [2.24, 2.45) is 0 Å². The maximum absolute atomic E-state index is 10.3. The van der Waals surface area contributed by atoms with Crippen LogP contribution in [0.25, 0.3) is 10.9 Å². The first-order chi connectivity index (χ1) is 11.8. The van der Waals surface area contributed by atoms with Crippen LogP contribution in [0.2, 0.25) is 0 Å². The summed E-state index contributed by atoms with van der Waals surface area (Å²) in [6.07, 6.45) is 3.25. The SMILES string of the molecule is OC(NCC1CCc2ccccc2N1)Nc1cccc2[nH]ccc12. The van der Waals surface area contributed by atoms with Crippen LogP contribution in [-0.4, -0.2) is 29.0 Å². The molecule has 5 heteroatoms. The van der Waals surface area contributed by atoms with Crippen molar-refractivity contribution >= 4 is 22.3 Å². The second-order valence-electron chi connectivity index (χ2n) is 6.24. The summed E-state index contributed by atoms with van der Waals surface area (Å²) in [6.45, 7) is 0.700. The molecule has 24 heavy (non-hydrogen) atoms. The summed E-state index contributed by atoms with van der Waals surface area (Å²) < 4.78 is 0. The Hall–Kier alpha value is -2.50. The van der Waals surface area contributed by atoms with Gasteiger partial charge in [-0.3, -0.25) is 5.32 Å². The number of aliphatic hydroxyl groups is 1. The summed E-state index contributed by atoms with van der Waals surface area (Å²) in [4.78, 5) is 3.17. The fraction of sp³-hybridized carbons (Fsp3) is 0.263. The fourth-order valence-electron chi connectivity index (χ4n) is 3.32. The monoisotopic (exact) mass is 322 g/mol. The van der Waals surface area contributed by atoms with E-state index in [0.29, 0.717) is 12.6 Å². The summed E-state index contributed by atoms with van der Waals surface area (Å²) in [5.74, 6) is 0. The van der Waals surface area contributed by atoms with E-state index >= 15 is 0 Å². The van der Waals surface area contributed by atoms with Gasteiger partial charge in [0.15, 0.2) is 6.35 Å². The van der Waals surface area contributed by atoms with Crippen LogP contribution in [-0.2, 0) is 6.42 Å². The van der Waals surface area contributed by atoms with Gasteiger partial charge in [0.05, 0.1) is 0 Å². The molecule has 4 rings (SSSR count). The van der Waals surface area contributed by atoms with E-state index in [4.69, 9.17) is 0 Å². The zero-order valence-electron chi connectivity index (χ0n) is 13.4. The molecule has 2 aromatic carbocycles. The van der Waals surface area contributed by atoms with Crippen LogP contribution in [0.4, 0.5) is 11.4 Å². The van der Waals surface area contributed by atoms with Crippen LogP contribution < -0.4 is 16.0 Å². The highest BCUT2D eigenvalue weighted by Gasteiger charge is 2.18. The molecule has 5 N–H and O–H groups in total. The van der Waals surface area contributed by atoms with E-state index < -0.39 is 6.35 Å². The minimum absolute atomic E-state index is 0.319. The number of nitrogens with one attached hydrogen (secondary N) is 4. The number of H-pyrrole nitrogens is 1. The molecule has 0 aliphatic carbocycles. The van der Waals surface area contributed by atoms with Gasteiger partial charge in [-0.25, -0.2) is 0 Å². The second kappa shape index (κ2) is 6.55. The van der Waals surface area contributed by atoms with Crippen LogP contribution in [0.3, 0.4) is 0 Å². The summed E-state index contributed by atoms with van der Waals surface area (Å²) in [7, 11) is 0. The van der Waals surface area contributed by atoms with E-state index in [9.17, 15) is 5.11 Å². The number of aromatic nitrogens is 1. The smallest absolute Gasteiger partial charge is 0.181 e. The molecule has 0 fully saturated rings. The molecule has 0 spiro atoms. The molecule has 0 saturated heterocycles. The van der Waals surface area contributed by atoms with Gasteiger partial charge < -0.3 is 20.7 Å². The van der Waals surface area contributed by atoms with Crippen molar-refractivity contribution in [2.75, 3.05) is 17.2 Å². The Morgan fingerprint density at radius 3 is 3.00 bits per heavy atom. The van der Waals surface area contributed by atoms with Gasteiger partial charge in [-0.2, -0.15) is 0 Å². The fourth-order valence-corrected chi connectivity index (χ4v) is 3.32. The van der Waals surface area contributed by atoms with E-state index in [1.165, 1.54) is 11.3 Å².